The summed E-state index contributed by atoms with van der Waals surface area (Å²) >= 11 is 0. The van der Waals surface area contributed by atoms with Gasteiger partial charge in [0.2, 0.25) is 0 Å². The fraction of sp³-hybridized carbons (Fsp3) is 0.935. The van der Waals surface area contributed by atoms with Crippen LogP contribution in [0.4, 0.5) is 0 Å². The third-order valence-corrected chi connectivity index (χ3v) is 8.23. The van der Waals surface area contributed by atoms with E-state index in [1.54, 1.807) is 0 Å². The second-order valence-electron chi connectivity index (χ2n) is 11.0. The lowest BCUT2D eigenvalue weighted by Gasteiger charge is -2.32. The number of rotatable bonds is 19. The predicted octanol–water partition coefficient (Wildman–Crippen LogP) is 10.6. The Bertz CT molecular complexity index is 408. The average molecular weight is 447 g/mol. The second-order valence-corrected chi connectivity index (χ2v) is 11.0. The first kappa shape index (κ1) is 27.9. The molecule has 0 saturated heterocycles. The molecule has 0 aliphatic heterocycles. The van der Waals surface area contributed by atoms with E-state index in [0.29, 0.717) is 0 Å². The van der Waals surface area contributed by atoms with Crippen LogP contribution in [0.3, 0.4) is 0 Å². The van der Waals surface area contributed by atoms with Crippen molar-refractivity contribution in [3.8, 4) is 0 Å². The molecule has 0 aromatic heterocycles. The molecular formula is C31H58O. The Morgan fingerprint density at radius 1 is 0.562 bits per heavy atom. The lowest BCUT2D eigenvalue weighted by Crippen LogP contribution is -2.19. The van der Waals surface area contributed by atoms with E-state index in [0.717, 1.165) is 25.0 Å². The minimum atomic E-state index is 0.876. The van der Waals surface area contributed by atoms with Gasteiger partial charge in [-0.3, -0.25) is 0 Å². The number of allylic oxidation sites excluding steroid dienone is 1. The first-order valence-corrected chi connectivity index (χ1v) is 15.2. The Kier molecular flexibility index (Phi) is 17.6. The Balaban J connectivity index is 1.42. The molecule has 2 aliphatic carbocycles. The van der Waals surface area contributed by atoms with Crippen LogP contribution in [-0.2, 0) is 4.74 Å². The maximum absolute atomic E-state index is 6.08. The van der Waals surface area contributed by atoms with Crippen molar-refractivity contribution in [1.29, 1.82) is 0 Å². The number of hydrogen-bond acceptors (Lipinski definition) is 1. The van der Waals surface area contributed by atoms with Gasteiger partial charge in [0.15, 0.2) is 0 Å². The maximum Gasteiger partial charge on any atom is 0.0650 e. The van der Waals surface area contributed by atoms with E-state index in [1.165, 1.54) is 154 Å². The fourth-order valence-electron chi connectivity index (χ4n) is 6.18. The number of unbranched alkanes of at least 4 members (excludes halogenated alkanes) is 13. The monoisotopic (exact) mass is 446 g/mol. The van der Waals surface area contributed by atoms with E-state index >= 15 is 0 Å². The molecule has 0 heterocycles. The summed E-state index contributed by atoms with van der Waals surface area (Å²) in [7, 11) is 0. The van der Waals surface area contributed by atoms with E-state index in [-0.39, 0.29) is 0 Å². The van der Waals surface area contributed by atoms with Gasteiger partial charge < -0.3 is 4.74 Å². The predicted molar refractivity (Wildman–Crippen MR) is 142 cm³/mol. The van der Waals surface area contributed by atoms with Gasteiger partial charge >= 0.3 is 0 Å². The van der Waals surface area contributed by atoms with Crippen molar-refractivity contribution in [3.63, 3.8) is 0 Å². The minimum Gasteiger partial charge on any atom is -0.377 e. The van der Waals surface area contributed by atoms with Gasteiger partial charge in [-0.1, -0.05) is 141 Å². The molecule has 1 heteroatoms. The zero-order valence-electron chi connectivity index (χ0n) is 22.0. The lowest BCUT2D eigenvalue weighted by molar-refractivity contribution is 0.155. The van der Waals surface area contributed by atoms with Gasteiger partial charge in [-0.05, 0) is 43.9 Å². The van der Waals surface area contributed by atoms with E-state index in [9.17, 15) is 0 Å². The third-order valence-electron chi connectivity index (χ3n) is 8.23. The molecule has 0 N–H and O–H groups in total. The van der Waals surface area contributed by atoms with Gasteiger partial charge in [-0.25, -0.2) is 0 Å². The lowest BCUT2D eigenvalue weighted by atomic mass is 9.73. The molecule has 1 nitrogen and oxygen atoms in total. The van der Waals surface area contributed by atoms with Crippen LogP contribution in [0.1, 0.15) is 161 Å². The van der Waals surface area contributed by atoms with Gasteiger partial charge in [-0.15, -0.1) is 0 Å². The van der Waals surface area contributed by atoms with Crippen LogP contribution in [-0.4, -0.2) is 13.2 Å². The van der Waals surface area contributed by atoms with E-state index in [1.807, 2.05) is 5.57 Å². The molecule has 0 aromatic carbocycles. The average Bonchev–Trinajstić information content (AvgIpc) is 2.84. The molecule has 0 atom stereocenters. The van der Waals surface area contributed by atoms with Gasteiger partial charge in [0.05, 0.1) is 6.61 Å². The van der Waals surface area contributed by atoms with E-state index in [2.05, 4.69) is 13.0 Å². The zero-order valence-corrected chi connectivity index (χ0v) is 22.0. The normalized spacial score (nSPS) is 18.2. The highest BCUT2D eigenvalue weighted by Crippen LogP contribution is 2.39. The summed E-state index contributed by atoms with van der Waals surface area (Å²) in [6.07, 6.45) is 37.0. The summed E-state index contributed by atoms with van der Waals surface area (Å²) in [4.78, 5) is 0. The zero-order chi connectivity index (χ0) is 22.5. The molecular weight excluding hydrogens is 388 g/mol. The molecule has 2 saturated carbocycles. The van der Waals surface area contributed by atoms with E-state index in [4.69, 9.17) is 4.74 Å². The van der Waals surface area contributed by atoms with Crippen molar-refractivity contribution in [2.75, 3.05) is 13.2 Å². The molecule has 0 aromatic rings. The van der Waals surface area contributed by atoms with Crippen LogP contribution >= 0.6 is 0 Å². The van der Waals surface area contributed by atoms with Crippen molar-refractivity contribution in [2.45, 2.75) is 161 Å². The third kappa shape index (κ3) is 13.4. The Labute approximate surface area is 202 Å². The molecule has 0 radical (unpaired) electrons. The van der Waals surface area contributed by atoms with Crippen LogP contribution in [0.5, 0.6) is 0 Å². The Morgan fingerprint density at radius 2 is 0.969 bits per heavy atom. The van der Waals surface area contributed by atoms with Crippen molar-refractivity contribution >= 4 is 0 Å². The summed E-state index contributed by atoms with van der Waals surface area (Å²) in [5, 5.41) is 0. The summed E-state index contributed by atoms with van der Waals surface area (Å²) in [5.41, 5.74) is 1.81. The minimum absolute atomic E-state index is 0.876. The van der Waals surface area contributed by atoms with Crippen LogP contribution in [0.25, 0.3) is 0 Å². The number of ether oxygens (including phenoxy) is 1. The molecule has 2 aliphatic rings. The van der Waals surface area contributed by atoms with Crippen molar-refractivity contribution in [3.05, 3.63) is 11.6 Å². The molecule has 2 fully saturated rings. The maximum atomic E-state index is 6.08. The summed E-state index contributed by atoms with van der Waals surface area (Å²) in [6, 6.07) is 0. The molecule has 32 heavy (non-hydrogen) atoms. The first-order valence-electron chi connectivity index (χ1n) is 15.2. The largest absolute Gasteiger partial charge is 0.377 e. The Hall–Kier alpha value is -0.300. The van der Waals surface area contributed by atoms with Crippen LogP contribution in [0, 0.1) is 11.8 Å². The highest BCUT2D eigenvalue weighted by Gasteiger charge is 2.25. The molecule has 2 rings (SSSR count). The highest BCUT2D eigenvalue weighted by atomic mass is 16.5. The van der Waals surface area contributed by atoms with Crippen molar-refractivity contribution in [2.24, 2.45) is 11.8 Å². The molecule has 0 spiro atoms. The first-order chi connectivity index (χ1) is 15.9. The Morgan fingerprint density at radius 3 is 1.41 bits per heavy atom. The second kappa shape index (κ2) is 20.1. The smallest absolute Gasteiger partial charge is 0.0650 e. The SMILES string of the molecule is CCCCCCCCCCCCCCCCOCC=C(C1CCCCC1)C1CCCCC1. The van der Waals surface area contributed by atoms with Gasteiger partial charge in [0.1, 0.15) is 0 Å². The van der Waals surface area contributed by atoms with Crippen LogP contribution in [0.15, 0.2) is 11.6 Å². The van der Waals surface area contributed by atoms with Gasteiger partial charge in [-0.2, -0.15) is 0 Å². The standard InChI is InChI=1S/C31H58O/c1-2-3-4-5-6-7-8-9-10-11-12-13-14-21-27-32-28-26-31(29-22-17-15-18-23-29)30-24-19-16-20-25-30/h26,29-30H,2-25,27-28H2,1H3. The summed E-state index contributed by atoms with van der Waals surface area (Å²) < 4.78 is 6.08. The summed E-state index contributed by atoms with van der Waals surface area (Å²) in [6.45, 7) is 4.15. The van der Waals surface area contributed by atoms with Crippen LogP contribution in [0.2, 0.25) is 0 Å². The molecule has 188 valence electrons. The quantitative estimate of drug-likeness (QED) is 0.141. The molecule has 0 unspecified atom stereocenters. The number of hydrogen-bond donors (Lipinski definition) is 0. The van der Waals surface area contributed by atoms with Crippen LogP contribution < -0.4 is 0 Å². The van der Waals surface area contributed by atoms with Crippen molar-refractivity contribution < 1.29 is 4.74 Å². The van der Waals surface area contributed by atoms with E-state index < -0.39 is 0 Å². The molecule has 0 bridgehead atoms. The van der Waals surface area contributed by atoms with Crippen molar-refractivity contribution in [1.82, 2.24) is 0 Å². The topological polar surface area (TPSA) is 9.23 Å². The fourth-order valence-corrected chi connectivity index (χ4v) is 6.18. The summed E-state index contributed by atoms with van der Waals surface area (Å²) in [5.74, 6) is 1.77. The highest BCUT2D eigenvalue weighted by molar-refractivity contribution is 5.13. The van der Waals surface area contributed by atoms with Gasteiger partial charge in [0.25, 0.3) is 0 Å². The van der Waals surface area contributed by atoms with Gasteiger partial charge in [0, 0.05) is 6.61 Å². The molecule has 0 amide bonds.